The second-order valence-corrected chi connectivity index (χ2v) is 6.47. The molecule has 0 bridgehead atoms. The van der Waals surface area contributed by atoms with Crippen molar-refractivity contribution in [3.05, 3.63) is 16.1 Å². The van der Waals surface area contributed by atoms with E-state index in [-0.39, 0.29) is 5.60 Å². The second-order valence-electron chi connectivity index (χ2n) is 5.61. The summed E-state index contributed by atoms with van der Waals surface area (Å²) in [7, 11) is 1.84. The smallest absolute Gasteiger partial charge is 0.125 e. The van der Waals surface area contributed by atoms with Crippen molar-refractivity contribution in [1.82, 2.24) is 4.98 Å². The lowest BCUT2D eigenvalue weighted by Crippen LogP contribution is -2.33. The predicted octanol–water partition coefficient (Wildman–Crippen LogP) is 4.32. The van der Waals surface area contributed by atoms with Crippen molar-refractivity contribution in [2.24, 2.45) is 5.92 Å². The zero-order valence-electron chi connectivity index (χ0n) is 11.3. The van der Waals surface area contributed by atoms with Crippen molar-refractivity contribution in [1.29, 1.82) is 0 Å². The molecular formula is C14H23NOS. The van der Waals surface area contributed by atoms with Gasteiger partial charge in [0.15, 0.2) is 0 Å². The van der Waals surface area contributed by atoms with Crippen LogP contribution in [0.3, 0.4) is 0 Å². The summed E-state index contributed by atoms with van der Waals surface area (Å²) >= 11 is 1.77. The Bertz CT molecular complexity index is 364. The molecule has 1 fully saturated rings. The number of thiazole rings is 1. The largest absolute Gasteiger partial charge is 0.371 e. The van der Waals surface area contributed by atoms with Gasteiger partial charge in [-0.2, -0.15) is 0 Å². The molecule has 0 aliphatic heterocycles. The van der Waals surface area contributed by atoms with Crippen LogP contribution in [-0.4, -0.2) is 12.1 Å². The van der Waals surface area contributed by atoms with Gasteiger partial charge < -0.3 is 4.74 Å². The van der Waals surface area contributed by atoms with Gasteiger partial charge in [0.05, 0.1) is 5.69 Å². The molecule has 0 atom stereocenters. The lowest BCUT2D eigenvalue weighted by molar-refractivity contribution is -0.0532. The maximum Gasteiger partial charge on any atom is 0.125 e. The highest BCUT2D eigenvalue weighted by atomic mass is 32.1. The minimum Gasteiger partial charge on any atom is -0.371 e. The Hall–Kier alpha value is -0.410. The Morgan fingerprint density at radius 1 is 1.41 bits per heavy atom. The molecule has 2 rings (SSSR count). The van der Waals surface area contributed by atoms with Gasteiger partial charge in [-0.25, -0.2) is 4.98 Å². The van der Waals surface area contributed by atoms with E-state index in [1.165, 1.54) is 23.5 Å². The zero-order chi connectivity index (χ0) is 12.5. The maximum absolute atomic E-state index is 5.85. The summed E-state index contributed by atoms with van der Waals surface area (Å²) in [4.78, 5) is 4.79. The Kier molecular flexibility index (Phi) is 3.88. The Morgan fingerprint density at radius 3 is 2.53 bits per heavy atom. The Labute approximate surface area is 108 Å². The molecule has 1 aliphatic rings. The van der Waals surface area contributed by atoms with Crippen molar-refractivity contribution in [2.45, 2.75) is 58.0 Å². The van der Waals surface area contributed by atoms with Gasteiger partial charge in [-0.05, 0) is 37.5 Å². The molecule has 1 aromatic heterocycles. The van der Waals surface area contributed by atoms with Crippen LogP contribution in [-0.2, 0) is 10.3 Å². The molecule has 1 aliphatic carbocycles. The third-order valence-electron chi connectivity index (χ3n) is 3.98. The third-order valence-corrected chi connectivity index (χ3v) is 5.02. The number of methoxy groups -OCH3 is 1. The molecule has 2 nitrogen and oxygen atoms in total. The van der Waals surface area contributed by atoms with Gasteiger partial charge in [0.1, 0.15) is 10.6 Å². The highest BCUT2D eigenvalue weighted by Gasteiger charge is 2.38. The fourth-order valence-electron chi connectivity index (χ4n) is 2.49. The highest BCUT2D eigenvalue weighted by molar-refractivity contribution is 7.09. The number of aromatic nitrogens is 1. The van der Waals surface area contributed by atoms with E-state index in [4.69, 9.17) is 9.72 Å². The van der Waals surface area contributed by atoms with Crippen LogP contribution in [0.4, 0.5) is 0 Å². The molecule has 1 aromatic rings. The van der Waals surface area contributed by atoms with Crippen LogP contribution in [0.2, 0.25) is 0 Å². The fourth-order valence-corrected chi connectivity index (χ4v) is 3.71. The normalized spacial score (nSPS) is 29.8. The van der Waals surface area contributed by atoms with Crippen LogP contribution in [0.5, 0.6) is 0 Å². The monoisotopic (exact) mass is 253 g/mol. The predicted molar refractivity (Wildman–Crippen MR) is 72.5 cm³/mol. The van der Waals surface area contributed by atoms with E-state index < -0.39 is 0 Å². The van der Waals surface area contributed by atoms with Gasteiger partial charge >= 0.3 is 0 Å². The number of nitrogens with zero attached hydrogens (tertiary/aromatic N) is 1. The first-order valence-electron chi connectivity index (χ1n) is 6.58. The van der Waals surface area contributed by atoms with Crippen LogP contribution in [0.1, 0.15) is 63.1 Å². The van der Waals surface area contributed by atoms with E-state index in [0.29, 0.717) is 5.92 Å². The zero-order valence-corrected chi connectivity index (χ0v) is 12.1. The molecule has 0 aromatic carbocycles. The number of ether oxygens (including phenoxy) is 1. The van der Waals surface area contributed by atoms with E-state index in [1.807, 2.05) is 7.11 Å². The van der Waals surface area contributed by atoms with Gasteiger partial charge in [-0.3, -0.25) is 0 Å². The van der Waals surface area contributed by atoms with Crippen LogP contribution < -0.4 is 0 Å². The highest BCUT2D eigenvalue weighted by Crippen LogP contribution is 2.43. The molecule has 0 amide bonds. The SMILES string of the molecule is COC1(c2nc(C(C)C)cs2)CCC(C)CC1. The van der Waals surface area contributed by atoms with E-state index in [1.54, 1.807) is 11.3 Å². The van der Waals surface area contributed by atoms with Crippen molar-refractivity contribution in [3.8, 4) is 0 Å². The molecule has 96 valence electrons. The molecule has 1 heterocycles. The molecule has 3 heteroatoms. The quantitative estimate of drug-likeness (QED) is 0.800. The van der Waals surface area contributed by atoms with Crippen LogP contribution in [0.15, 0.2) is 5.38 Å². The Balaban J connectivity index is 2.22. The van der Waals surface area contributed by atoms with Crippen molar-refractivity contribution < 1.29 is 4.74 Å². The van der Waals surface area contributed by atoms with Crippen LogP contribution in [0, 0.1) is 5.92 Å². The van der Waals surface area contributed by atoms with Gasteiger partial charge in [-0.1, -0.05) is 20.8 Å². The summed E-state index contributed by atoms with van der Waals surface area (Å²) in [6.45, 7) is 6.73. The number of rotatable bonds is 3. The molecule has 0 N–H and O–H groups in total. The lowest BCUT2D eigenvalue weighted by atomic mass is 9.80. The standard InChI is InChI=1S/C14H23NOS/c1-10(2)12-9-17-13(15-12)14(16-4)7-5-11(3)6-8-14/h9-11H,5-8H2,1-4H3. The minimum atomic E-state index is -0.0929. The summed E-state index contributed by atoms with van der Waals surface area (Å²) in [5.41, 5.74) is 1.12. The van der Waals surface area contributed by atoms with Crippen molar-refractivity contribution in [3.63, 3.8) is 0 Å². The van der Waals surface area contributed by atoms with E-state index >= 15 is 0 Å². The first-order valence-corrected chi connectivity index (χ1v) is 7.46. The Morgan fingerprint density at radius 2 is 2.06 bits per heavy atom. The van der Waals surface area contributed by atoms with Gasteiger partial charge in [0, 0.05) is 12.5 Å². The molecule has 0 unspecified atom stereocenters. The fraction of sp³-hybridized carbons (Fsp3) is 0.786. The van der Waals surface area contributed by atoms with E-state index in [0.717, 1.165) is 18.8 Å². The summed E-state index contributed by atoms with van der Waals surface area (Å²) in [5, 5.41) is 3.38. The van der Waals surface area contributed by atoms with Crippen LogP contribution >= 0.6 is 11.3 Å². The van der Waals surface area contributed by atoms with E-state index in [9.17, 15) is 0 Å². The summed E-state index contributed by atoms with van der Waals surface area (Å²) in [6, 6.07) is 0. The first kappa shape index (κ1) is 13.0. The van der Waals surface area contributed by atoms with Gasteiger partial charge in [0.2, 0.25) is 0 Å². The molecule has 1 saturated carbocycles. The molecular weight excluding hydrogens is 230 g/mol. The van der Waals surface area contributed by atoms with E-state index in [2.05, 4.69) is 26.2 Å². The van der Waals surface area contributed by atoms with Crippen molar-refractivity contribution >= 4 is 11.3 Å². The molecule has 0 saturated heterocycles. The topological polar surface area (TPSA) is 22.1 Å². The van der Waals surface area contributed by atoms with Crippen LogP contribution in [0.25, 0.3) is 0 Å². The van der Waals surface area contributed by atoms with Gasteiger partial charge in [-0.15, -0.1) is 11.3 Å². The number of hydrogen-bond donors (Lipinski definition) is 0. The first-order chi connectivity index (χ1) is 8.07. The average molecular weight is 253 g/mol. The number of hydrogen-bond acceptors (Lipinski definition) is 3. The maximum atomic E-state index is 5.85. The average Bonchev–Trinajstić information content (AvgIpc) is 2.81. The third kappa shape index (κ3) is 2.55. The lowest BCUT2D eigenvalue weighted by Gasteiger charge is -2.36. The van der Waals surface area contributed by atoms with Crippen molar-refractivity contribution in [2.75, 3.05) is 7.11 Å². The minimum absolute atomic E-state index is 0.0929. The second kappa shape index (κ2) is 5.07. The molecule has 17 heavy (non-hydrogen) atoms. The van der Waals surface area contributed by atoms with Gasteiger partial charge in [0.25, 0.3) is 0 Å². The summed E-state index contributed by atoms with van der Waals surface area (Å²) in [6.07, 6.45) is 4.75. The molecule has 0 radical (unpaired) electrons. The molecule has 0 spiro atoms. The summed E-state index contributed by atoms with van der Waals surface area (Å²) < 4.78 is 5.85. The summed E-state index contributed by atoms with van der Waals surface area (Å²) in [5.74, 6) is 1.35.